The van der Waals surface area contributed by atoms with Crippen LogP contribution in [-0.4, -0.2) is 29.7 Å². The number of benzene rings is 2. The molecular weight excluding hydrogens is 334 g/mol. The number of aromatic hydroxyl groups is 1. The molecule has 0 aliphatic heterocycles. The minimum atomic E-state index is -0.709. The molecule has 0 bridgehead atoms. The van der Waals surface area contributed by atoms with Crippen LogP contribution in [0.5, 0.6) is 5.75 Å². The highest BCUT2D eigenvalue weighted by atomic mass is 16.5. The number of phenols is 1. The van der Waals surface area contributed by atoms with Crippen LogP contribution in [0.3, 0.4) is 0 Å². The molecule has 7 heteroatoms. The summed E-state index contributed by atoms with van der Waals surface area (Å²) in [5.41, 5.74) is 7.23. The largest absolute Gasteiger partial charge is 0.508 e. The number of nitrogens with one attached hydrogen (secondary N) is 2. The number of ether oxygens (including phenoxy) is 1. The average Bonchev–Trinajstić information content (AvgIpc) is 2.64. The van der Waals surface area contributed by atoms with Gasteiger partial charge in [-0.25, -0.2) is 4.79 Å². The van der Waals surface area contributed by atoms with Gasteiger partial charge in [0, 0.05) is 18.3 Å². The third-order valence-corrected chi connectivity index (χ3v) is 3.62. The Morgan fingerprint density at radius 2 is 1.88 bits per heavy atom. The Balaban J connectivity index is 1.61. The maximum atomic E-state index is 12.0. The number of carbonyl (C=O) groups excluding carboxylic acids is 2. The lowest BCUT2D eigenvalue weighted by Gasteiger charge is -2.13. The standard InChI is InChI=1S/C19H23N3O4/c20-17(18(24)22-15-8-4-9-16(23)12-15)10-5-11-21-19(25)26-13-14-6-2-1-3-7-14/h1-4,6-9,12,17,23H,5,10-11,13,20H2,(H,21,25)(H,22,24)/t17-/m0/s1. The lowest BCUT2D eigenvalue weighted by atomic mass is 10.1. The predicted octanol–water partition coefficient (Wildman–Crippen LogP) is 2.36. The summed E-state index contributed by atoms with van der Waals surface area (Å²) in [4.78, 5) is 23.6. The summed E-state index contributed by atoms with van der Waals surface area (Å²) in [6, 6.07) is 14.9. The van der Waals surface area contributed by atoms with Gasteiger partial charge in [-0.2, -0.15) is 0 Å². The number of carbonyl (C=O) groups is 2. The lowest BCUT2D eigenvalue weighted by Crippen LogP contribution is -2.36. The molecule has 1 atom stereocenters. The lowest BCUT2D eigenvalue weighted by molar-refractivity contribution is -0.117. The number of rotatable bonds is 8. The van der Waals surface area contributed by atoms with E-state index in [0.717, 1.165) is 5.56 Å². The Hall–Kier alpha value is -3.06. The first kappa shape index (κ1) is 19.3. The van der Waals surface area contributed by atoms with E-state index in [1.54, 1.807) is 12.1 Å². The number of amides is 2. The molecule has 2 amide bonds. The van der Waals surface area contributed by atoms with Crippen LogP contribution in [0.15, 0.2) is 54.6 Å². The molecule has 2 rings (SSSR count). The van der Waals surface area contributed by atoms with Crippen molar-refractivity contribution < 1.29 is 19.4 Å². The van der Waals surface area contributed by atoms with Gasteiger partial charge in [-0.1, -0.05) is 36.4 Å². The Bertz CT molecular complexity index is 722. The van der Waals surface area contributed by atoms with Crippen molar-refractivity contribution in [2.45, 2.75) is 25.5 Å². The summed E-state index contributed by atoms with van der Waals surface area (Å²) >= 11 is 0. The van der Waals surface area contributed by atoms with Crippen molar-refractivity contribution in [3.8, 4) is 5.75 Å². The molecule has 0 saturated heterocycles. The molecular formula is C19H23N3O4. The van der Waals surface area contributed by atoms with Crippen molar-refractivity contribution in [2.24, 2.45) is 5.73 Å². The van der Waals surface area contributed by atoms with Crippen molar-refractivity contribution >= 4 is 17.7 Å². The highest BCUT2D eigenvalue weighted by molar-refractivity contribution is 5.94. The SMILES string of the molecule is N[C@@H](CCCNC(=O)OCc1ccccc1)C(=O)Nc1cccc(O)c1. The number of alkyl carbamates (subject to hydrolysis) is 1. The summed E-state index contributed by atoms with van der Waals surface area (Å²) in [5.74, 6) is -0.281. The van der Waals surface area contributed by atoms with E-state index in [-0.39, 0.29) is 18.3 Å². The molecule has 0 spiro atoms. The molecule has 0 fully saturated rings. The second kappa shape index (κ2) is 10.0. The van der Waals surface area contributed by atoms with Crippen LogP contribution < -0.4 is 16.4 Å². The van der Waals surface area contributed by atoms with E-state index in [1.165, 1.54) is 12.1 Å². The minimum absolute atomic E-state index is 0.0644. The van der Waals surface area contributed by atoms with Gasteiger partial charge >= 0.3 is 6.09 Å². The van der Waals surface area contributed by atoms with Gasteiger partial charge in [0.05, 0.1) is 6.04 Å². The Morgan fingerprint density at radius 3 is 2.62 bits per heavy atom. The highest BCUT2D eigenvalue weighted by Gasteiger charge is 2.13. The Morgan fingerprint density at radius 1 is 1.12 bits per heavy atom. The second-order valence-electron chi connectivity index (χ2n) is 5.78. The molecule has 5 N–H and O–H groups in total. The van der Waals surface area contributed by atoms with Crippen LogP contribution in [-0.2, 0) is 16.1 Å². The average molecular weight is 357 g/mol. The van der Waals surface area contributed by atoms with E-state index in [2.05, 4.69) is 10.6 Å². The molecule has 0 unspecified atom stereocenters. The summed E-state index contributed by atoms with van der Waals surface area (Å²) in [6.45, 7) is 0.569. The van der Waals surface area contributed by atoms with E-state index in [1.807, 2.05) is 30.3 Å². The molecule has 26 heavy (non-hydrogen) atoms. The van der Waals surface area contributed by atoms with Gasteiger partial charge in [0.2, 0.25) is 5.91 Å². The summed E-state index contributed by atoms with van der Waals surface area (Å²) in [5, 5.41) is 14.6. The maximum absolute atomic E-state index is 12.0. The smallest absolute Gasteiger partial charge is 0.407 e. The summed E-state index contributed by atoms with van der Waals surface area (Å²) in [6.07, 6.45) is 0.435. The van der Waals surface area contributed by atoms with Crippen molar-refractivity contribution in [3.05, 3.63) is 60.2 Å². The van der Waals surface area contributed by atoms with Gasteiger partial charge in [0.1, 0.15) is 12.4 Å². The zero-order valence-corrected chi connectivity index (χ0v) is 14.4. The molecule has 0 aliphatic rings. The first-order valence-corrected chi connectivity index (χ1v) is 8.34. The van der Waals surface area contributed by atoms with E-state index < -0.39 is 12.1 Å². The summed E-state index contributed by atoms with van der Waals surface area (Å²) < 4.78 is 5.09. The van der Waals surface area contributed by atoms with E-state index >= 15 is 0 Å². The van der Waals surface area contributed by atoms with E-state index in [4.69, 9.17) is 10.5 Å². The number of phenolic OH excluding ortho intramolecular Hbond substituents is 1. The third-order valence-electron chi connectivity index (χ3n) is 3.62. The zero-order valence-electron chi connectivity index (χ0n) is 14.4. The first-order valence-electron chi connectivity index (χ1n) is 8.34. The number of anilines is 1. The number of hydrogen-bond acceptors (Lipinski definition) is 5. The summed E-state index contributed by atoms with van der Waals surface area (Å²) in [7, 11) is 0. The molecule has 0 radical (unpaired) electrons. The Labute approximate surface area is 152 Å². The molecule has 0 heterocycles. The molecule has 138 valence electrons. The van der Waals surface area contributed by atoms with E-state index in [9.17, 15) is 14.7 Å². The predicted molar refractivity (Wildman–Crippen MR) is 98.6 cm³/mol. The minimum Gasteiger partial charge on any atom is -0.508 e. The second-order valence-corrected chi connectivity index (χ2v) is 5.78. The zero-order chi connectivity index (χ0) is 18.8. The van der Waals surface area contributed by atoms with Crippen LogP contribution in [0.4, 0.5) is 10.5 Å². The number of hydrogen-bond donors (Lipinski definition) is 4. The quantitative estimate of drug-likeness (QED) is 0.542. The number of nitrogens with two attached hydrogens (primary N) is 1. The molecule has 2 aromatic rings. The fraction of sp³-hybridized carbons (Fsp3) is 0.263. The fourth-order valence-electron chi connectivity index (χ4n) is 2.24. The Kier molecular flexibility index (Phi) is 7.45. The molecule has 7 nitrogen and oxygen atoms in total. The van der Waals surface area contributed by atoms with Crippen LogP contribution in [0.2, 0.25) is 0 Å². The van der Waals surface area contributed by atoms with Crippen molar-refractivity contribution in [1.29, 1.82) is 0 Å². The normalized spacial score (nSPS) is 11.4. The van der Waals surface area contributed by atoms with Gasteiger partial charge < -0.3 is 26.2 Å². The first-order chi connectivity index (χ1) is 12.5. The van der Waals surface area contributed by atoms with Crippen LogP contribution in [0.25, 0.3) is 0 Å². The van der Waals surface area contributed by atoms with Gasteiger partial charge in [0.15, 0.2) is 0 Å². The molecule has 0 saturated carbocycles. The van der Waals surface area contributed by atoms with Crippen LogP contribution >= 0.6 is 0 Å². The van der Waals surface area contributed by atoms with Crippen molar-refractivity contribution in [2.75, 3.05) is 11.9 Å². The third kappa shape index (κ3) is 6.82. The van der Waals surface area contributed by atoms with Crippen LogP contribution in [0.1, 0.15) is 18.4 Å². The van der Waals surface area contributed by atoms with Gasteiger partial charge in [0.25, 0.3) is 0 Å². The van der Waals surface area contributed by atoms with E-state index in [0.29, 0.717) is 25.1 Å². The van der Waals surface area contributed by atoms with Gasteiger partial charge in [-0.3, -0.25) is 4.79 Å². The van der Waals surface area contributed by atoms with Crippen molar-refractivity contribution in [3.63, 3.8) is 0 Å². The van der Waals surface area contributed by atoms with Gasteiger partial charge in [-0.15, -0.1) is 0 Å². The molecule has 0 aliphatic carbocycles. The maximum Gasteiger partial charge on any atom is 0.407 e. The molecule has 0 aromatic heterocycles. The molecule has 2 aromatic carbocycles. The van der Waals surface area contributed by atoms with Gasteiger partial charge in [-0.05, 0) is 30.5 Å². The monoisotopic (exact) mass is 357 g/mol. The topological polar surface area (TPSA) is 114 Å². The highest BCUT2D eigenvalue weighted by Crippen LogP contribution is 2.15. The fourth-order valence-corrected chi connectivity index (χ4v) is 2.24. The van der Waals surface area contributed by atoms with Crippen molar-refractivity contribution in [1.82, 2.24) is 5.32 Å². The van der Waals surface area contributed by atoms with Crippen LogP contribution in [0, 0.1) is 0 Å².